The van der Waals surface area contributed by atoms with Crippen molar-refractivity contribution in [1.29, 1.82) is 0 Å². The number of hydrogen-bond acceptors (Lipinski definition) is 2. The molecule has 0 radical (unpaired) electrons. The van der Waals surface area contributed by atoms with E-state index in [1.54, 1.807) is 0 Å². The van der Waals surface area contributed by atoms with E-state index in [4.69, 9.17) is 10.5 Å². The first kappa shape index (κ1) is 14.1. The zero-order valence-corrected chi connectivity index (χ0v) is 13.0. The molecule has 1 unspecified atom stereocenters. The fraction of sp³-hybridized carbons (Fsp3) is 0.250. The van der Waals surface area contributed by atoms with Crippen LogP contribution in [0.1, 0.15) is 29.7 Å². The fourth-order valence-corrected chi connectivity index (χ4v) is 2.62. The van der Waals surface area contributed by atoms with E-state index < -0.39 is 0 Å². The summed E-state index contributed by atoms with van der Waals surface area (Å²) in [5, 5.41) is 0. The highest BCUT2D eigenvalue weighted by atomic mass is 79.9. The largest absolute Gasteiger partial charge is 0.457 e. The first-order chi connectivity index (χ1) is 8.99. The van der Waals surface area contributed by atoms with Crippen LogP contribution in [-0.2, 0) is 0 Å². The predicted octanol–water partition coefficient (Wildman–Crippen LogP) is 4.88. The molecule has 0 fully saturated rings. The fourth-order valence-electron chi connectivity index (χ4n) is 1.90. The van der Waals surface area contributed by atoms with Crippen LogP contribution in [0.4, 0.5) is 0 Å². The molecule has 2 nitrogen and oxygen atoms in total. The van der Waals surface area contributed by atoms with Gasteiger partial charge >= 0.3 is 0 Å². The van der Waals surface area contributed by atoms with Gasteiger partial charge in [0.1, 0.15) is 11.5 Å². The Hall–Kier alpha value is -1.32. The maximum atomic E-state index is 5.93. The minimum atomic E-state index is 0.00382. The first-order valence-corrected chi connectivity index (χ1v) is 7.07. The zero-order chi connectivity index (χ0) is 14.0. The molecule has 0 aromatic heterocycles. The monoisotopic (exact) mass is 319 g/mol. The van der Waals surface area contributed by atoms with E-state index in [1.807, 2.05) is 37.3 Å². The van der Waals surface area contributed by atoms with Crippen molar-refractivity contribution in [3.8, 4) is 11.5 Å². The number of nitrogens with two attached hydrogens (primary N) is 1. The van der Waals surface area contributed by atoms with Crippen molar-refractivity contribution in [2.75, 3.05) is 0 Å². The lowest BCUT2D eigenvalue weighted by Crippen LogP contribution is -2.05. The van der Waals surface area contributed by atoms with Gasteiger partial charge in [-0.3, -0.25) is 0 Å². The lowest BCUT2D eigenvalue weighted by molar-refractivity contribution is 0.477. The summed E-state index contributed by atoms with van der Waals surface area (Å²) in [6, 6.07) is 12.0. The topological polar surface area (TPSA) is 35.2 Å². The number of rotatable bonds is 3. The summed E-state index contributed by atoms with van der Waals surface area (Å²) in [5.41, 5.74) is 9.36. The van der Waals surface area contributed by atoms with Gasteiger partial charge in [0.15, 0.2) is 0 Å². The average Bonchev–Trinajstić information content (AvgIpc) is 2.34. The Morgan fingerprint density at radius 3 is 2.53 bits per heavy atom. The number of hydrogen-bond donors (Lipinski definition) is 1. The number of ether oxygens (including phenoxy) is 1. The molecule has 0 aliphatic rings. The molecular weight excluding hydrogens is 302 g/mol. The molecule has 2 aromatic carbocycles. The molecule has 0 aliphatic heterocycles. The van der Waals surface area contributed by atoms with Gasteiger partial charge in [-0.15, -0.1) is 0 Å². The van der Waals surface area contributed by atoms with E-state index in [0.29, 0.717) is 0 Å². The Balaban J connectivity index is 2.29. The lowest BCUT2D eigenvalue weighted by Gasteiger charge is -2.13. The van der Waals surface area contributed by atoms with Crippen LogP contribution in [0.25, 0.3) is 0 Å². The average molecular weight is 320 g/mol. The van der Waals surface area contributed by atoms with Crippen LogP contribution < -0.4 is 10.5 Å². The predicted molar refractivity (Wildman–Crippen MR) is 82.7 cm³/mol. The highest BCUT2D eigenvalue weighted by Gasteiger charge is 2.08. The zero-order valence-electron chi connectivity index (χ0n) is 11.4. The molecule has 0 saturated carbocycles. The van der Waals surface area contributed by atoms with Gasteiger partial charge in [0, 0.05) is 10.5 Å². The molecule has 100 valence electrons. The van der Waals surface area contributed by atoms with Crippen LogP contribution >= 0.6 is 15.9 Å². The summed E-state index contributed by atoms with van der Waals surface area (Å²) in [6.45, 7) is 6.11. The molecule has 0 heterocycles. The molecule has 2 aromatic rings. The van der Waals surface area contributed by atoms with E-state index in [1.165, 1.54) is 5.56 Å². The summed E-state index contributed by atoms with van der Waals surface area (Å²) in [7, 11) is 0. The van der Waals surface area contributed by atoms with Crippen LogP contribution in [-0.4, -0.2) is 0 Å². The first-order valence-electron chi connectivity index (χ1n) is 6.28. The Kier molecular flexibility index (Phi) is 4.27. The van der Waals surface area contributed by atoms with Gasteiger partial charge < -0.3 is 10.5 Å². The summed E-state index contributed by atoms with van der Waals surface area (Å²) in [6.07, 6.45) is 0. The second-order valence-corrected chi connectivity index (χ2v) is 5.63. The highest BCUT2D eigenvalue weighted by molar-refractivity contribution is 9.10. The van der Waals surface area contributed by atoms with E-state index in [0.717, 1.165) is 27.1 Å². The molecule has 19 heavy (non-hydrogen) atoms. The smallest absolute Gasteiger partial charge is 0.130 e. The molecule has 2 N–H and O–H groups in total. The molecule has 0 amide bonds. The molecule has 0 spiro atoms. The van der Waals surface area contributed by atoms with Crippen LogP contribution in [0.5, 0.6) is 11.5 Å². The third-order valence-electron chi connectivity index (χ3n) is 3.25. The number of benzene rings is 2. The van der Waals surface area contributed by atoms with Gasteiger partial charge in [-0.05, 0) is 55.7 Å². The van der Waals surface area contributed by atoms with Crippen LogP contribution in [0.3, 0.4) is 0 Å². The molecule has 0 saturated heterocycles. The van der Waals surface area contributed by atoms with Gasteiger partial charge in [0.25, 0.3) is 0 Å². The van der Waals surface area contributed by atoms with Crippen molar-refractivity contribution in [3.63, 3.8) is 0 Å². The van der Waals surface area contributed by atoms with Gasteiger partial charge in [0.2, 0.25) is 0 Å². The van der Waals surface area contributed by atoms with Crippen molar-refractivity contribution >= 4 is 15.9 Å². The Morgan fingerprint density at radius 1 is 1.16 bits per heavy atom. The maximum Gasteiger partial charge on any atom is 0.130 e. The maximum absolute atomic E-state index is 5.93. The van der Waals surface area contributed by atoms with Crippen molar-refractivity contribution in [2.45, 2.75) is 26.8 Å². The van der Waals surface area contributed by atoms with Crippen LogP contribution in [0.2, 0.25) is 0 Å². The third-order valence-corrected chi connectivity index (χ3v) is 3.93. The van der Waals surface area contributed by atoms with Gasteiger partial charge in [-0.2, -0.15) is 0 Å². The van der Waals surface area contributed by atoms with Gasteiger partial charge in [-0.1, -0.05) is 34.1 Å². The summed E-state index contributed by atoms with van der Waals surface area (Å²) >= 11 is 3.53. The molecule has 0 aliphatic carbocycles. The SMILES string of the molecule is Cc1cccc(Oc2ccc(C(C)N)c(Br)c2)c1C. The number of aryl methyl sites for hydroxylation is 1. The standard InChI is InChI=1S/C16H18BrNO/c1-10-5-4-6-16(11(10)2)19-13-7-8-14(12(3)18)15(17)9-13/h4-9,12H,18H2,1-3H3. The van der Waals surface area contributed by atoms with Crippen LogP contribution in [0, 0.1) is 13.8 Å². The molecular formula is C16H18BrNO. The van der Waals surface area contributed by atoms with E-state index in [9.17, 15) is 0 Å². The molecule has 3 heteroatoms. The van der Waals surface area contributed by atoms with E-state index in [-0.39, 0.29) is 6.04 Å². The normalized spacial score (nSPS) is 12.3. The van der Waals surface area contributed by atoms with Crippen molar-refractivity contribution < 1.29 is 4.74 Å². The summed E-state index contributed by atoms with van der Waals surface area (Å²) in [5.74, 6) is 1.70. The molecule has 0 bridgehead atoms. The summed E-state index contributed by atoms with van der Waals surface area (Å²) in [4.78, 5) is 0. The minimum absolute atomic E-state index is 0.00382. The van der Waals surface area contributed by atoms with E-state index >= 15 is 0 Å². The third kappa shape index (κ3) is 3.17. The Bertz CT molecular complexity index is 593. The van der Waals surface area contributed by atoms with Crippen molar-refractivity contribution in [3.05, 3.63) is 57.6 Å². The molecule has 1 atom stereocenters. The highest BCUT2D eigenvalue weighted by Crippen LogP contribution is 2.31. The molecule has 2 rings (SSSR count). The van der Waals surface area contributed by atoms with Gasteiger partial charge in [0.05, 0.1) is 0 Å². The summed E-state index contributed by atoms with van der Waals surface area (Å²) < 4.78 is 6.91. The Morgan fingerprint density at radius 2 is 1.89 bits per heavy atom. The van der Waals surface area contributed by atoms with Gasteiger partial charge in [-0.25, -0.2) is 0 Å². The van der Waals surface area contributed by atoms with E-state index in [2.05, 4.69) is 35.8 Å². The lowest BCUT2D eigenvalue weighted by atomic mass is 10.1. The second-order valence-electron chi connectivity index (χ2n) is 4.77. The van der Waals surface area contributed by atoms with Crippen LogP contribution in [0.15, 0.2) is 40.9 Å². The van der Waals surface area contributed by atoms with Crippen molar-refractivity contribution in [1.82, 2.24) is 0 Å². The van der Waals surface area contributed by atoms with Crippen molar-refractivity contribution in [2.24, 2.45) is 5.73 Å². The quantitative estimate of drug-likeness (QED) is 0.875. The Labute approximate surface area is 122 Å². The minimum Gasteiger partial charge on any atom is -0.457 e. The number of halogens is 1. The second kappa shape index (κ2) is 5.76.